The Bertz CT molecular complexity index is 643. The molecule has 1 aromatic carbocycles. The highest BCUT2D eigenvalue weighted by atomic mass is 16.5. The quantitative estimate of drug-likeness (QED) is 0.943. The number of rotatable bonds is 4. The van der Waals surface area contributed by atoms with Crippen LogP contribution in [0, 0.1) is 12.8 Å². The van der Waals surface area contributed by atoms with Gasteiger partial charge in [-0.1, -0.05) is 29.8 Å². The first-order valence-corrected chi connectivity index (χ1v) is 7.96. The molecule has 0 bridgehead atoms. The van der Waals surface area contributed by atoms with E-state index in [1.807, 2.05) is 0 Å². The average Bonchev–Trinajstić information content (AvgIpc) is 2.61. The second-order valence-corrected chi connectivity index (χ2v) is 5.91. The lowest BCUT2D eigenvalue weighted by Crippen LogP contribution is -2.35. The van der Waals surface area contributed by atoms with Crippen molar-refractivity contribution in [3.63, 3.8) is 0 Å². The standard InChI is InChI=1S/C18H21N3O2/c1-13-4-6-14(7-5-13)17-15(3-2-10-23-17)11-21-18(22)16-12-19-8-9-20-16/h4-9,12,15,17H,2-3,10-11H2,1H3,(H,21,22)/t15-,17-/m0/s1. The fraction of sp³-hybridized carbons (Fsp3) is 0.389. The Hall–Kier alpha value is -2.27. The third-order valence-corrected chi connectivity index (χ3v) is 4.17. The fourth-order valence-electron chi connectivity index (χ4n) is 2.91. The zero-order valence-corrected chi connectivity index (χ0v) is 13.2. The van der Waals surface area contributed by atoms with Crippen molar-refractivity contribution in [2.24, 2.45) is 5.92 Å². The second kappa shape index (κ2) is 7.33. The molecule has 23 heavy (non-hydrogen) atoms. The summed E-state index contributed by atoms with van der Waals surface area (Å²) in [5.74, 6) is 0.0819. The van der Waals surface area contributed by atoms with E-state index in [4.69, 9.17) is 4.74 Å². The van der Waals surface area contributed by atoms with Gasteiger partial charge in [0.05, 0.1) is 12.3 Å². The summed E-state index contributed by atoms with van der Waals surface area (Å²) in [7, 11) is 0. The second-order valence-electron chi connectivity index (χ2n) is 5.91. The number of aryl methyl sites for hydroxylation is 1. The molecule has 0 spiro atoms. The zero-order chi connectivity index (χ0) is 16.1. The summed E-state index contributed by atoms with van der Waals surface area (Å²) >= 11 is 0. The summed E-state index contributed by atoms with van der Waals surface area (Å²) in [6.07, 6.45) is 6.65. The van der Waals surface area contributed by atoms with Gasteiger partial charge >= 0.3 is 0 Å². The molecule has 1 aliphatic rings. The molecule has 1 amide bonds. The van der Waals surface area contributed by atoms with E-state index < -0.39 is 0 Å². The molecule has 0 unspecified atom stereocenters. The van der Waals surface area contributed by atoms with E-state index in [0.29, 0.717) is 12.2 Å². The van der Waals surface area contributed by atoms with Crippen LogP contribution in [0.2, 0.25) is 0 Å². The number of ether oxygens (including phenoxy) is 1. The van der Waals surface area contributed by atoms with Gasteiger partial charge in [-0.15, -0.1) is 0 Å². The Kier molecular flexibility index (Phi) is 4.98. The van der Waals surface area contributed by atoms with Crippen LogP contribution in [0.1, 0.15) is 40.6 Å². The molecule has 1 aromatic heterocycles. The minimum absolute atomic E-state index is 0.0338. The number of nitrogens with one attached hydrogen (secondary N) is 1. The van der Waals surface area contributed by atoms with E-state index in [9.17, 15) is 4.79 Å². The van der Waals surface area contributed by atoms with Crippen LogP contribution in [-0.4, -0.2) is 29.0 Å². The van der Waals surface area contributed by atoms with Gasteiger partial charge in [0, 0.05) is 31.5 Å². The SMILES string of the molecule is Cc1ccc([C@@H]2OCCC[C@H]2CNC(=O)c2cnccn2)cc1. The summed E-state index contributed by atoms with van der Waals surface area (Å²) < 4.78 is 5.98. The van der Waals surface area contributed by atoms with E-state index in [2.05, 4.69) is 46.5 Å². The van der Waals surface area contributed by atoms with Gasteiger partial charge in [-0.2, -0.15) is 0 Å². The van der Waals surface area contributed by atoms with E-state index >= 15 is 0 Å². The molecule has 0 saturated carbocycles. The van der Waals surface area contributed by atoms with Crippen LogP contribution < -0.4 is 5.32 Å². The van der Waals surface area contributed by atoms with Crippen molar-refractivity contribution in [3.05, 3.63) is 59.7 Å². The normalized spacial score (nSPS) is 20.9. The van der Waals surface area contributed by atoms with Crippen molar-refractivity contribution in [3.8, 4) is 0 Å². The minimum atomic E-state index is -0.189. The number of hydrogen-bond acceptors (Lipinski definition) is 4. The molecule has 1 aliphatic heterocycles. The molecule has 1 saturated heterocycles. The molecule has 1 N–H and O–H groups in total. The summed E-state index contributed by atoms with van der Waals surface area (Å²) in [6, 6.07) is 8.43. The van der Waals surface area contributed by atoms with Crippen LogP contribution in [-0.2, 0) is 4.74 Å². The summed E-state index contributed by atoms with van der Waals surface area (Å²) in [4.78, 5) is 20.1. The lowest BCUT2D eigenvalue weighted by Gasteiger charge is -2.32. The molecular weight excluding hydrogens is 290 g/mol. The summed E-state index contributed by atoms with van der Waals surface area (Å²) in [5, 5.41) is 2.96. The molecule has 0 radical (unpaired) electrons. The van der Waals surface area contributed by atoms with Gasteiger partial charge in [0.15, 0.2) is 0 Å². The predicted octanol–water partition coefficient (Wildman–Crippen LogP) is 2.68. The maximum absolute atomic E-state index is 12.1. The highest BCUT2D eigenvalue weighted by molar-refractivity contribution is 5.91. The smallest absolute Gasteiger partial charge is 0.271 e. The highest BCUT2D eigenvalue weighted by Crippen LogP contribution is 2.33. The maximum Gasteiger partial charge on any atom is 0.271 e. The summed E-state index contributed by atoms with van der Waals surface area (Å²) in [5.41, 5.74) is 2.75. The van der Waals surface area contributed by atoms with Gasteiger partial charge in [0.2, 0.25) is 0 Å². The highest BCUT2D eigenvalue weighted by Gasteiger charge is 2.27. The van der Waals surface area contributed by atoms with Gasteiger partial charge < -0.3 is 10.1 Å². The Balaban J connectivity index is 1.65. The molecular formula is C18H21N3O2. The molecule has 2 atom stereocenters. The molecule has 5 heteroatoms. The van der Waals surface area contributed by atoms with Crippen molar-refractivity contribution in [1.82, 2.24) is 15.3 Å². The molecule has 2 aromatic rings. The third kappa shape index (κ3) is 3.93. The number of carbonyl (C=O) groups is 1. The van der Waals surface area contributed by atoms with Crippen molar-refractivity contribution in [2.45, 2.75) is 25.9 Å². The average molecular weight is 311 g/mol. The largest absolute Gasteiger partial charge is 0.373 e. The van der Waals surface area contributed by atoms with Crippen LogP contribution in [0.25, 0.3) is 0 Å². The molecule has 5 nitrogen and oxygen atoms in total. The maximum atomic E-state index is 12.1. The third-order valence-electron chi connectivity index (χ3n) is 4.17. The predicted molar refractivity (Wildman–Crippen MR) is 87.0 cm³/mol. The monoisotopic (exact) mass is 311 g/mol. The number of amides is 1. The Labute approximate surface area is 136 Å². The van der Waals surface area contributed by atoms with Crippen LogP contribution in [0.4, 0.5) is 0 Å². The molecule has 1 fully saturated rings. The van der Waals surface area contributed by atoms with E-state index in [1.165, 1.54) is 23.5 Å². The number of nitrogens with zero attached hydrogens (tertiary/aromatic N) is 2. The van der Waals surface area contributed by atoms with Gasteiger partial charge in [0.1, 0.15) is 5.69 Å². The van der Waals surface area contributed by atoms with Gasteiger partial charge in [-0.25, -0.2) is 4.98 Å². The first kappa shape index (κ1) is 15.6. The first-order valence-electron chi connectivity index (χ1n) is 7.96. The van der Waals surface area contributed by atoms with E-state index in [1.54, 1.807) is 6.20 Å². The number of carbonyl (C=O) groups excluding carboxylic acids is 1. The lowest BCUT2D eigenvalue weighted by molar-refractivity contribution is -0.0272. The number of aromatic nitrogens is 2. The lowest BCUT2D eigenvalue weighted by atomic mass is 9.89. The van der Waals surface area contributed by atoms with Gasteiger partial charge in [-0.05, 0) is 25.3 Å². The van der Waals surface area contributed by atoms with E-state index in [0.717, 1.165) is 19.4 Å². The Morgan fingerprint density at radius 3 is 2.87 bits per heavy atom. The topological polar surface area (TPSA) is 64.1 Å². The molecule has 2 heterocycles. The fourth-order valence-corrected chi connectivity index (χ4v) is 2.91. The molecule has 0 aliphatic carbocycles. The number of hydrogen-bond donors (Lipinski definition) is 1. The van der Waals surface area contributed by atoms with Crippen molar-refractivity contribution in [2.75, 3.05) is 13.2 Å². The van der Waals surface area contributed by atoms with E-state index in [-0.39, 0.29) is 17.9 Å². The van der Waals surface area contributed by atoms with Gasteiger partial charge in [-0.3, -0.25) is 9.78 Å². The van der Waals surface area contributed by atoms with Crippen molar-refractivity contribution >= 4 is 5.91 Å². The Morgan fingerprint density at radius 1 is 1.30 bits per heavy atom. The zero-order valence-electron chi connectivity index (χ0n) is 13.2. The van der Waals surface area contributed by atoms with Crippen LogP contribution in [0.5, 0.6) is 0 Å². The summed E-state index contributed by atoms with van der Waals surface area (Å²) in [6.45, 7) is 3.42. The van der Waals surface area contributed by atoms with Crippen LogP contribution in [0.3, 0.4) is 0 Å². The Morgan fingerprint density at radius 2 is 2.13 bits per heavy atom. The molecule has 3 rings (SSSR count). The van der Waals surface area contributed by atoms with Crippen LogP contribution >= 0.6 is 0 Å². The number of benzene rings is 1. The first-order chi connectivity index (χ1) is 11.2. The van der Waals surface area contributed by atoms with Crippen molar-refractivity contribution in [1.29, 1.82) is 0 Å². The van der Waals surface area contributed by atoms with Crippen molar-refractivity contribution < 1.29 is 9.53 Å². The van der Waals surface area contributed by atoms with Gasteiger partial charge in [0.25, 0.3) is 5.91 Å². The molecule has 120 valence electrons. The van der Waals surface area contributed by atoms with Crippen LogP contribution in [0.15, 0.2) is 42.9 Å². The minimum Gasteiger partial charge on any atom is -0.373 e.